The summed E-state index contributed by atoms with van der Waals surface area (Å²) in [6, 6.07) is 10.7. The van der Waals surface area contributed by atoms with Crippen molar-refractivity contribution >= 4 is 33.0 Å². The van der Waals surface area contributed by atoms with Gasteiger partial charge in [-0.05, 0) is 32.0 Å². The van der Waals surface area contributed by atoms with Gasteiger partial charge in [-0.1, -0.05) is 18.2 Å². The molecule has 0 spiro atoms. The van der Waals surface area contributed by atoms with Gasteiger partial charge in [0, 0.05) is 12.1 Å². The van der Waals surface area contributed by atoms with E-state index in [4.69, 9.17) is 4.74 Å². The maximum atomic E-state index is 12.7. The minimum atomic E-state index is -3.90. The van der Waals surface area contributed by atoms with Crippen LogP contribution < -0.4 is 14.4 Å². The predicted molar refractivity (Wildman–Crippen MR) is 106 cm³/mol. The Morgan fingerprint density at radius 2 is 1.93 bits per heavy atom. The summed E-state index contributed by atoms with van der Waals surface area (Å²) in [7, 11) is -3.90. The highest BCUT2D eigenvalue weighted by molar-refractivity contribution is 7.92. The molecule has 1 amide bonds. The van der Waals surface area contributed by atoms with Gasteiger partial charge in [0.1, 0.15) is 11.8 Å². The van der Waals surface area contributed by atoms with Crippen LogP contribution in [0.3, 0.4) is 0 Å². The first-order valence-electron chi connectivity index (χ1n) is 8.41. The largest absolute Gasteiger partial charge is 0.492 e. The van der Waals surface area contributed by atoms with Gasteiger partial charge in [0.05, 0.1) is 29.2 Å². The molecule has 9 nitrogen and oxygen atoms in total. The molecule has 2 aromatic rings. The van der Waals surface area contributed by atoms with E-state index in [2.05, 4.69) is 5.32 Å². The number of hydrogen-bond donors (Lipinski definition) is 1. The molecule has 2 rings (SSSR count). The number of benzene rings is 2. The molecule has 2 aromatic carbocycles. The number of nitrogens with zero attached hydrogens (tertiary/aromatic N) is 2. The lowest BCUT2D eigenvalue weighted by Gasteiger charge is -2.28. The standard InChI is InChI=1S/C18H21N3O6S/c1-4-27-17-11-6-5-10-16(17)19-18(22)13(2)20(28(3,25)26)14-8-7-9-15(12-14)21(23)24/h5-13H,4H2,1-3H3,(H,19,22)/t13-/m0/s1. The summed E-state index contributed by atoms with van der Waals surface area (Å²) in [6.07, 6.45) is 0.934. The Labute approximate surface area is 163 Å². The van der Waals surface area contributed by atoms with Gasteiger partial charge in [-0.3, -0.25) is 19.2 Å². The molecule has 28 heavy (non-hydrogen) atoms. The van der Waals surface area contributed by atoms with Crippen LogP contribution in [-0.4, -0.2) is 38.2 Å². The molecule has 0 aliphatic rings. The number of nitrogens with one attached hydrogen (secondary N) is 1. The molecule has 0 saturated carbocycles. The molecular formula is C18H21N3O6S. The predicted octanol–water partition coefficient (Wildman–Crippen LogP) is 2.79. The van der Waals surface area contributed by atoms with Gasteiger partial charge in [0.2, 0.25) is 15.9 Å². The molecule has 0 radical (unpaired) electrons. The number of nitro groups is 1. The first-order chi connectivity index (χ1) is 13.1. The third-order valence-electron chi connectivity index (χ3n) is 3.83. The monoisotopic (exact) mass is 407 g/mol. The summed E-state index contributed by atoms with van der Waals surface area (Å²) in [4.78, 5) is 23.1. The number of sulfonamides is 1. The average Bonchev–Trinajstić information content (AvgIpc) is 2.62. The average molecular weight is 407 g/mol. The Morgan fingerprint density at radius 1 is 1.25 bits per heavy atom. The van der Waals surface area contributed by atoms with Crippen LogP contribution in [-0.2, 0) is 14.8 Å². The SMILES string of the molecule is CCOc1ccccc1NC(=O)[C@H](C)N(c1cccc([N+](=O)[O-])c1)S(C)(=O)=O. The van der Waals surface area contributed by atoms with Crippen molar-refractivity contribution in [1.82, 2.24) is 0 Å². The first kappa shape index (κ1) is 21.2. The van der Waals surface area contributed by atoms with E-state index in [-0.39, 0.29) is 11.4 Å². The topological polar surface area (TPSA) is 119 Å². The Hall–Kier alpha value is -3.14. The number of anilines is 2. The summed E-state index contributed by atoms with van der Waals surface area (Å²) >= 11 is 0. The van der Waals surface area contributed by atoms with E-state index in [0.717, 1.165) is 16.6 Å². The molecule has 0 aliphatic carbocycles. The van der Waals surface area contributed by atoms with E-state index in [1.807, 2.05) is 0 Å². The number of carbonyl (C=O) groups excluding carboxylic acids is 1. The third-order valence-corrected chi connectivity index (χ3v) is 5.07. The smallest absolute Gasteiger partial charge is 0.271 e. The molecule has 0 aliphatic heterocycles. The molecule has 0 heterocycles. The van der Waals surface area contributed by atoms with Crippen LogP contribution >= 0.6 is 0 Å². The molecule has 0 aromatic heterocycles. The molecule has 0 bridgehead atoms. The Morgan fingerprint density at radius 3 is 2.54 bits per heavy atom. The molecule has 0 fully saturated rings. The van der Waals surface area contributed by atoms with Crippen molar-refractivity contribution in [2.45, 2.75) is 19.9 Å². The molecule has 1 atom stereocenters. The number of non-ortho nitro benzene ring substituents is 1. The minimum absolute atomic E-state index is 0.0254. The molecule has 0 saturated heterocycles. The summed E-state index contributed by atoms with van der Waals surface area (Å²) < 4.78 is 31.0. The zero-order chi connectivity index (χ0) is 20.9. The Bertz CT molecular complexity index is 977. The van der Waals surface area contributed by atoms with E-state index >= 15 is 0 Å². The van der Waals surface area contributed by atoms with Gasteiger partial charge >= 0.3 is 0 Å². The van der Waals surface area contributed by atoms with Crippen LogP contribution in [0.25, 0.3) is 0 Å². The van der Waals surface area contributed by atoms with Gasteiger partial charge in [-0.15, -0.1) is 0 Å². The summed E-state index contributed by atoms with van der Waals surface area (Å²) in [6.45, 7) is 3.60. The van der Waals surface area contributed by atoms with Gasteiger partial charge < -0.3 is 10.1 Å². The van der Waals surface area contributed by atoms with Crippen molar-refractivity contribution in [2.24, 2.45) is 0 Å². The highest BCUT2D eigenvalue weighted by atomic mass is 32.2. The second-order valence-electron chi connectivity index (χ2n) is 5.93. The van der Waals surface area contributed by atoms with Gasteiger partial charge in [-0.25, -0.2) is 8.42 Å². The number of para-hydroxylation sites is 2. The molecule has 0 unspecified atom stereocenters. The number of amides is 1. The van der Waals surface area contributed by atoms with Gasteiger partial charge in [0.25, 0.3) is 5.69 Å². The van der Waals surface area contributed by atoms with Gasteiger partial charge in [0.15, 0.2) is 0 Å². The lowest BCUT2D eigenvalue weighted by atomic mass is 10.2. The fourth-order valence-electron chi connectivity index (χ4n) is 2.64. The van der Waals surface area contributed by atoms with Crippen molar-refractivity contribution in [3.05, 3.63) is 58.6 Å². The Kier molecular flexibility index (Phi) is 6.57. The van der Waals surface area contributed by atoms with Crippen LogP contribution in [0.2, 0.25) is 0 Å². The number of ether oxygens (including phenoxy) is 1. The van der Waals surface area contributed by atoms with E-state index < -0.39 is 26.9 Å². The zero-order valence-electron chi connectivity index (χ0n) is 15.7. The number of hydrogen-bond acceptors (Lipinski definition) is 6. The fourth-order valence-corrected chi connectivity index (χ4v) is 3.81. The first-order valence-corrected chi connectivity index (χ1v) is 10.3. The fraction of sp³-hybridized carbons (Fsp3) is 0.278. The molecular weight excluding hydrogens is 386 g/mol. The lowest BCUT2D eigenvalue weighted by Crippen LogP contribution is -2.45. The van der Waals surface area contributed by atoms with Crippen LogP contribution in [0.4, 0.5) is 17.1 Å². The summed E-state index contributed by atoms with van der Waals surface area (Å²) in [5.74, 6) is -0.157. The van der Waals surface area contributed by atoms with Crippen LogP contribution in [0, 0.1) is 10.1 Å². The van der Waals surface area contributed by atoms with E-state index in [0.29, 0.717) is 18.0 Å². The normalized spacial score (nSPS) is 12.1. The van der Waals surface area contributed by atoms with E-state index in [1.54, 1.807) is 31.2 Å². The van der Waals surface area contributed by atoms with Crippen molar-refractivity contribution in [2.75, 3.05) is 22.5 Å². The summed E-state index contributed by atoms with van der Waals surface area (Å²) in [5, 5.41) is 13.7. The maximum Gasteiger partial charge on any atom is 0.271 e. The maximum absolute atomic E-state index is 12.7. The highest BCUT2D eigenvalue weighted by Crippen LogP contribution is 2.27. The van der Waals surface area contributed by atoms with E-state index in [9.17, 15) is 23.3 Å². The van der Waals surface area contributed by atoms with E-state index in [1.165, 1.54) is 25.1 Å². The lowest BCUT2D eigenvalue weighted by molar-refractivity contribution is -0.384. The molecule has 150 valence electrons. The number of rotatable bonds is 8. The number of nitro benzene ring substituents is 1. The van der Waals surface area contributed by atoms with Crippen LogP contribution in [0.1, 0.15) is 13.8 Å². The van der Waals surface area contributed by atoms with Gasteiger partial charge in [-0.2, -0.15) is 0 Å². The zero-order valence-corrected chi connectivity index (χ0v) is 16.5. The second-order valence-corrected chi connectivity index (χ2v) is 7.79. The van der Waals surface area contributed by atoms with Crippen LogP contribution in [0.5, 0.6) is 5.75 Å². The number of carbonyl (C=O) groups is 1. The third kappa shape index (κ3) is 4.97. The summed E-state index contributed by atoms with van der Waals surface area (Å²) in [5.41, 5.74) is 0.145. The van der Waals surface area contributed by atoms with Crippen LogP contribution in [0.15, 0.2) is 48.5 Å². The van der Waals surface area contributed by atoms with Crippen molar-refractivity contribution in [3.8, 4) is 5.75 Å². The second kappa shape index (κ2) is 8.70. The van der Waals surface area contributed by atoms with Crippen molar-refractivity contribution in [1.29, 1.82) is 0 Å². The van der Waals surface area contributed by atoms with Crippen molar-refractivity contribution in [3.63, 3.8) is 0 Å². The Balaban J connectivity index is 2.36. The quantitative estimate of drug-likeness (QED) is 0.531. The molecule has 10 heteroatoms. The molecule has 1 N–H and O–H groups in total. The van der Waals surface area contributed by atoms with Crippen molar-refractivity contribution < 1.29 is 22.9 Å². The minimum Gasteiger partial charge on any atom is -0.492 e. The highest BCUT2D eigenvalue weighted by Gasteiger charge is 2.30.